The van der Waals surface area contributed by atoms with Gasteiger partial charge in [0.25, 0.3) is 0 Å². The second kappa shape index (κ2) is 16.3. The van der Waals surface area contributed by atoms with Crippen LogP contribution >= 0.6 is 0 Å². The zero-order valence-electron chi connectivity index (χ0n) is 31.5. The first-order chi connectivity index (χ1) is 24.9. The van der Waals surface area contributed by atoms with Crippen molar-refractivity contribution in [1.29, 1.82) is 0 Å². The number of nitrogens with one attached hydrogen (secondary N) is 3. The van der Waals surface area contributed by atoms with Crippen molar-refractivity contribution in [3.8, 4) is 0 Å². The van der Waals surface area contributed by atoms with Gasteiger partial charge in [0.15, 0.2) is 0 Å². The molecule has 0 aromatic heterocycles. The molecule has 3 aliphatic heterocycles. The van der Waals surface area contributed by atoms with Gasteiger partial charge in [-0.25, -0.2) is 15.2 Å². The lowest BCUT2D eigenvalue weighted by molar-refractivity contribution is -0.141. The SMILES string of the molecule is CC(C)CN1C(=O)N(C)C(=O)C2C1NN(Cc1ccc(N3CNCC3C3CCCCC3)cc1)C2(Nc1ccccc1)C1CCCCCCCCC1. The maximum Gasteiger partial charge on any atom is 0.327 e. The number of imide groups is 1. The third kappa shape index (κ3) is 7.54. The maximum atomic E-state index is 14.7. The van der Waals surface area contributed by atoms with E-state index in [0.29, 0.717) is 19.1 Å². The Kier molecular flexibility index (Phi) is 11.5. The molecule has 0 radical (unpaired) electrons. The highest BCUT2D eigenvalue weighted by Crippen LogP contribution is 2.48. The monoisotopic (exact) mass is 698 g/mol. The van der Waals surface area contributed by atoms with Crippen molar-refractivity contribution >= 4 is 23.3 Å². The van der Waals surface area contributed by atoms with Crippen LogP contribution in [0.15, 0.2) is 54.6 Å². The van der Waals surface area contributed by atoms with Crippen molar-refractivity contribution < 1.29 is 9.59 Å². The van der Waals surface area contributed by atoms with Crippen LogP contribution in [0.5, 0.6) is 0 Å². The molecule has 9 heteroatoms. The van der Waals surface area contributed by atoms with Crippen LogP contribution < -0.4 is 21.0 Å². The summed E-state index contributed by atoms with van der Waals surface area (Å²) in [5.74, 6) is 0.669. The van der Waals surface area contributed by atoms with E-state index in [0.717, 1.165) is 50.5 Å². The van der Waals surface area contributed by atoms with E-state index in [4.69, 9.17) is 0 Å². The molecule has 2 saturated carbocycles. The van der Waals surface area contributed by atoms with Crippen molar-refractivity contribution in [1.82, 2.24) is 25.6 Å². The molecule has 51 heavy (non-hydrogen) atoms. The summed E-state index contributed by atoms with van der Waals surface area (Å²) in [6, 6.07) is 20.0. The Balaban J connectivity index is 1.26. The summed E-state index contributed by atoms with van der Waals surface area (Å²) in [4.78, 5) is 34.5. The van der Waals surface area contributed by atoms with Crippen LogP contribution in [-0.4, -0.2) is 71.4 Å². The van der Waals surface area contributed by atoms with Crippen molar-refractivity contribution in [3.63, 3.8) is 0 Å². The Morgan fingerprint density at radius 1 is 0.824 bits per heavy atom. The van der Waals surface area contributed by atoms with Crippen LogP contribution in [0.1, 0.15) is 109 Å². The summed E-state index contributed by atoms with van der Waals surface area (Å²) in [6.45, 7) is 7.48. The van der Waals surface area contributed by atoms with Crippen molar-refractivity contribution in [2.75, 3.05) is 37.0 Å². The highest BCUT2D eigenvalue weighted by Gasteiger charge is 2.65. The van der Waals surface area contributed by atoms with Crippen LogP contribution in [0.4, 0.5) is 16.2 Å². The number of carbonyl (C=O) groups is 2. The van der Waals surface area contributed by atoms with Crippen LogP contribution in [-0.2, 0) is 11.3 Å². The third-order valence-corrected chi connectivity index (χ3v) is 12.7. The summed E-state index contributed by atoms with van der Waals surface area (Å²) in [7, 11) is 1.68. The third-order valence-electron chi connectivity index (χ3n) is 12.7. The van der Waals surface area contributed by atoms with Gasteiger partial charge in [-0.3, -0.25) is 15.0 Å². The van der Waals surface area contributed by atoms with Gasteiger partial charge in [0, 0.05) is 44.1 Å². The summed E-state index contributed by atoms with van der Waals surface area (Å²) in [6.07, 6.45) is 17.0. The lowest BCUT2D eigenvalue weighted by Crippen LogP contribution is -2.68. The summed E-state index contributed by atoms with van der Waals surface area (Å²) >= 11 is 0. The molecule has 4 unspecified atom stereocenters. The van der Waals surface area contributed by atoms with E-state index >= 15 is 0 Å². The molecule has 3 saturated heterocycles. The average Bonchev–Trinajstić information content (AvgIpc) is 3.76. The summed E-state index contributed by atoms with van der Waals surface area (Å²) < 4.78 is 0. The highest BCUT2D eigenvalue weighted by atomic mass is 16.2. The van der Waals surface area contributed by atoms with Gasteiger partial charge in [-0.2, -0.15) is 0 Å². The number of para-hydroxylation sites is 1. The zero-order chi connectivity index (χ0) is 35.4. The normalized spacial score (nSPS) is 29.2. The van der Waals surface area contributed by atoms with E-state index in [1.54, 1.807) is 7.05 Å². The van der Waals surface area contributed by atoms with E-state index in [1.165, 1.54) is 80.4 Å². The number of anilines is 2. The molecular weight excluding hydrogens is 635 g/mol. The van der Waals surface area contributed by atoms with Gasteiger partial charge >= 0.3 is 6.03 Å². The minimum absolute atomic E-state index is 0.0915. The Morgan fingerprint density at radius 2 is 1.45 bits per heavy atom. The van der Waals surface area contributed by atoms with Gasteiger partial charge in [-0.1, -0.05) is 108 Å². The van der Waals surface area contributed by atoms with Gasteiger partial charge in [-0.15, -0.1) is 0 Å². The second-order valence-electron chi connectivity index (χ2n) is 16.6. The first-order valence-corrected chi connectivity index (χ1v) is 20.4. The quantitative estimate of drug-likeness (QED) is 0.247. The van der Waals surface area contributed by atoms with Gasteiger partial charge in [0.05, 0.1) is 6.67 Å². The molecule has 4 atom stereocenters. The smallest absolute Gasteiger partial charge is 0.327 e. The number of hydrogen-bond donors (Lipinski definition) is 3. The number of hydrogen-bond acceptors (Lipinski definition) is 7. The largest absolute Gasteiger partial charge is 0.365 e. The molecule has 0 spiro atoms. The minimum atomic E-state index is -0.740. The van der Waals surface area contributed by atoms with Gasteiger partial charge in [0.2, 0.25) is 5.91 Å². The van der Waals surface area contributed by atoms with Crippen LogP contribution in [0.25, 0.3) is 0 Å². The minimum Gasteiger partial charge on any atom is -0.365 e. The lowest BCUT2D eigenvalue weighted by atomic mass is 9.73. The topological polar surface area (TPSA) is 83.2 Å². The lowest BCUT2D eigenvalue weighted by Gasteiger charge is -2.50. The van der Waals surface area contributed by atoms with E-state index in [-0.39, 0.29) is 23.8 Å². The summed E-state index contributed by atoms with van der Waals surface area (Å²) in [5, 5.41) is 10.1. The zero-order valence-corrected chi connectivity index (χ0v) is 31.5. The Hall–Kier alpha value is -3.14. The van der Waals surface area contributed by atoms with E-state index < -0.39 is 17.7 Å². The molecule has 3 N–H and O–H groups in total. The molecule has 9 nitrogen and oxygen atoms in total. The van der Waals surface area contributed by atoms with Gasteiger partial charge in [-0.05, 0) is 73.3 Å². The number of benzene rings is 2. The van der Waals surface area contributed by atoms with Crippen LogP contribution in [0, 0.1) is 23.7 Å². The fourth-order valence-corrected chi connectivity index (χ4v) is 10.2. The van der Waals surface area contributed by atoms with Crippen LogP contribution in [0.2, 0.25) is 0 Å². The Labute approximate surface area is 306 Å². The van der Waals surface area contributed by atoms with Gasteiger partial charge in [0.1, 0.15) is 17.7 Å². The predicted molar refractivity (Wildman–Crippen MR) is 206 cm³/mol. The first kappa shape index (κ1) is 36.2. The molecule has 7 rings (SSSR count). The fraction of sp³-hybridized carbons (Fsp3) is 0.667. The van der Waals surface area contributed by atoms with Crippen molar-refractivity contribution in [3.05, 3.63) is 60.2 Å². The molecular formula is C42H63N7O2. The fourth-order valence-electron chi connectivity index (χ4n) is 10.2. The average molecular weight is 698 g/mol. The first-order valence-electron chi connectivity index (χ1n) is 20.4. The van der Waals surface area contributed by atoms with Crippen molar-refractivity contribution in [2.45, 2.75) is 128 Å². The van der Waals surface area contributed by atoms with E-state index in [1.807, 2.05) is 11.0 Å². The maximum absolute atomic E-state index is 14.7. The molecule has 2 aromatic carbocycles. The number of carbonyl (C=O) groups excluding carboxylic acids is 2. The molecule has 2 aromatic rings. The Bertz CT molecular complexity index is 1440. The Morgan fingerprint density at radius 3 is 2.12 bits per heavy atom. The standard InChI is InChI=1S/C42H63N7O2/c1-31(2)28-47-39-38(40(50)46(3)41(47)51)42(44-35-21-15-10-16-22-35,34-19-13-7-5-4-6-8-14-20-34)49(45-39)29-32-23-25-36(26-24-32)48-30-43-27-37(48)33-17-11-9-12-18-33/h10,15-16,21-26,31,33-34,37-39,43-45H,4-9,11-14,17-20,27-30H2,1-3H3. The number of nitrogens with zero attached hydrogens (tertiary/aromatic N) is 4. The number of amides is 3. The van der Waals surface area contributed by atoms with E-state index in [2.05, 4.69) is 88.3 Å². The molecule has 3 amide bonds. The second-order valence-corrected chi connectivity index (χ2v) is 16.6. The highest BCUT2D eigenvalue weighted by molar-refractivity contribution is 5.99. The van der Waals surface area contributed by atoms with Gasteiger partial charge < -0.3 is 15.1 Å². The number of urea groups is 1. The number of hydrazine groups is 1. The predicted octanol–water partition coefficient (Wildman–Crippen LogP) is 7.76. The molecule has 2 aliphatic carbocycles. The molecule has 3 heterocycles. The van der Waals surface area contributed by atoms with E-state index in [9.17, 15) is 9.59 Å². The van der Waals surface area contributed by atoms with Crippen LogP contribution in [0.3, 0.4) is 0 Å². The number of fused-ring (bicyclic) bond motifs is 1. The summed E-state index contributed by atoms with van der Waals surface area (Å²) in [5.41, 5.74) is 6.64. The molecule has 5 fully saturated rings. The number of rotatable bonds is 9. The molecule has 0 bridgehead atoms. The molecule has 5 aliphatic rings. The van der Waals surface area contributed by atoms with Crippen molar-refractivity contribution in [2.24, 2.45) is 23.7 Å². The molecule has 278 valence electrons.